The first-order valence-electron chi connectivity index (χ1n) is 7.97. The first-order chi connectivity index (χ1) is 14.4. The van der Waals surface area contributed by atoms with Gasteiger partial charge >= 0.3 is 12.4 Å². The molecule has 0 atom stereocenters. The zero-order valence-corrected chi connectivity index (χ0v) is 16.9. The van der Waals surface area contributed by atoms with Crippen molar-refractivity contribution in [3.8, 4) is 16.1 Å². The van der Waals surface area contributed by atoms with Crippen LogP contribution in [0.4, 0.5) is 32.2 Å². The van der Waals surface area contributed by atoms with Crippen molar-refractivity contribution in [2.24, 2.45) is 0 Å². The fourth-order valence-electron chi connectivity index (χ4n) is 2.78. The molecule has 0 aliphatic heterocycles. The fraction of sp³-hybridized carbons (Fsp3) is 0.125. The van der Waals surface area contributed by atoms with E-state index < -0.39 is 40.7 Å². The summed E-state index contributed by atoms with van der Waals surface area (Å²) in [5.41, 5.74) is 5.03. The number of hydrogen-bond donors (Lipinski definition) is 1. The van der Waals surface area contributed by atoms with Gasteiger partial charge in [0.1, 0.15) is 11.5 Å². The second kappa shape index (κ2) is 7.21. The lowest BCUT2D eigenvalue weighted by Crippen LogP contribution is -2.17. The Labute approximate surface area is 182 Å². The minimum Gasteiger partial charge on any atom is -0.383 e. The van der Waals surface area contributed by atoms with Crippen molar-refractivity contribution >= 4 is 51.4 Å². The molecule has 3 aromatic heterocycles. The van der Waals surface area contributed by atoms with E-state index in [2.05, 4.69) is 20.1 Å². The Kier molecular flexibility index (Phi) is 5.02. The van der Waals surface area contributed by atoms with Gasteiger partial charge in [-0.15, -0.1) is 16.4 Å². The minimum atomic E-state index is -5.26. The third-order valence-electron chi connectivity index (χ3n) is 4.04. The minimum absolute atomic E-state index is 0.0621. The molecule has 0 unspecified atom stereocenters. The van der Waals surface area contributed by atoms with Crippen molar-refractivity contribution in [3.05, 3.63) is 45.4 Å². The standard InChI is InChI=1S/C16H6Cl2F6N6S/c17-6-1-5(8-3-26-4-31-8)2-7(18)10(6)30-12(25)9-11(15(19,20)21)27-14(16(22,23)24)28-13(9)29-30/h1-4H,25H2. The van der Waals surface area contributed by atoms with Gasteiger partial charge < -0.3 is 5.73 Å². The van der Waals surface area contributed by atoms with E-state index in [4.69, 9.17) is 28.9 Å². The van der Waals surface area contributed by atoms with Crippen LogP contribution in [0.25, 0.3) is 27.2 Å². The Balaban J connectivity index is 1.99. The molecule has 0 fully saturated rings. The lowest BCUT2D eigenvalue weighted by atomic mass is 10.2. The molecule has 3 heterocycles. The van der Waals surface area contributed by atoms with Crippen molar-refractivity contribution in [2.45, 2.75) is 12.4 Å². The normalized spacial score (nSPS) is 12.6. The van der Waals surface area contributed by atoms with Crippen LogP contribution in [0, 0.1) is 0 Å². The summed E-state index contributed by atoms with van der Waals surface area (Å²) < 4.78 is 80.1. The SMILES string of the molecule is Nc1c2c(C(F)(F)F)nc(C(F)(F)F)nc2nn1-c1c(Cl)cc(-c2cncs2)cc1Cl. The van der Waals surface area contributed by atoms with Gasteiger partial charge in [0.2, 0.25) is 5.82 Å². The van der Waals surface area contributed by atoms with Crippen molar-refractivity contribution in [1.29, 1.82) is 0 Å². The summed E-state index contributed by atoms with van der Waals surface area (Å²) >= 11 is 13.8. The van der Waals surface area contributed by atoms with Crippen LogP contribution in [0.5, 0.6) is 0 Å². The quantitative estimate of drug-likeness (QED) is 0.349. The van der Waals surface area contributed by atoms with E-state index >= 15 is 0 Å². The van der Waals surface area contributed by atoms with Crippen LogP contribution < -0.4 is 5.73 Å². The zero-order chi connectivity index (χ0) is 22.7. The highest BCUT2D eigenvalue weighted by Crippen LogP contribution is 2.41. The molecule has 0 spiro atoms. The van der Waals surface area contributed by atoms with E-state index in [-0.39, 0.29) is 15.7 Å². The Morgan fingerprint density at radius 2 is 1.61 bits per heavy atom. The van der Waals surface area contributed by atoms with Crippen LogP contribution >= 0.6 is 34.5 Å². The molecule has 162 valence electrons. The number of halogens is 8. The van der Waals surface area contributed by atoms with Crippen LogP contribution in [0.15, 0.2) is 23.8 Å². The summed E-state index contributed by atoms with van der Waals surface area (Å²) in [6.07, 6.45) is -8.95. The molecule has 0 aliphatic rings. The van der Waals surface area contributed by atoms with Crippen LogP contribution in [0.3, 0.4) is 0 Å². The van der Waals surface area contributed by atoms with Gasteiger partial charge in [-0.2, -0.15) is 26.3 Å². The summed E-state index contributed by atoms with van der Waals surface area (Å²) in [5, 5.41) is 2.68. The maximum Gasteiger partial charge on any atom is 0.451 e. The molecule has 0 amide bonds. The predicted octanol–water partition coefficient (Wildman–Crippen LogP) is 5.87. The number of alkyl halides is 6. The van der Waals surface area contributed by atoms with Crippen molar-refractivity contribution in [1.82, 2.24) is 24.7 Å². The number of rotatable bonds is 2. The number of nitrogens with zero attached hydrogens (tertiary/aromatic N) is 5. The second-order valence-corrected chi connectivity index (χ2v) is 7.74. The Morgan fingerprint density at radius 1 is 0.968 bits per heavy atom. The van der Waals surface area contributed by atoms with Gasteiger partial charge in [0.15, 0.2) is 11.3 Å². The van der Waals surface area contributed by atoms with Crippen LogP contribution in [0.1, 0.15) is 11.5 Å². The van der Waals surface area contributed by atoms with Gasteiger partial charge in [-0.05, 0) is 17.7 Å². The molecule has 4 aromatic rings. The van der Waals surface area contributed by atoms with Gasteiger partial charge in [-0.1, -0.05) is 23.2 Å². The molecular weight excluding hydrogens is 493 g/mol. The number of aromatic nitrogens is 5. The molecule has 1 aromatic carbocycles. The van der Waals surface area contributed by atoms with Crippen molar-refractivity contribution < 1.29 is 26.3 Å². The Hall–Kier alpha value is -2.64. The Bertz CT molecular complexity index is 1280. The topological polar surface area (TPSA) is 82.5 Å². The fourth-order valence-corrected chi connectivity index (χ4v) is 4.04. The van der Waals surface area contributed by atoms with Gasteiger partial charge in [-0.25, -0.2) is 14.6 Å². The third-order valence-corrected chi connectivity index (χ3v) is 5.43. The second-order valence-electron chi connectivity index (χ2n) is 6.04. The molecule has 15 heteroatoms. The highest BCUT2D eigenvalue weighted by molar-refractivity contribution is 7.13. The maximum atomic E-state index is 13.4. The number of hydrogen-bond acceptors (Lipinski definition) is 6. The smallest absolute Gasteiger partial charge is 0.383 e. The number of benzene rings is 1. The van der Waals surface area contributed by atoms with E-state index in [1.54, 1.807) is 11.7 Å². The van der Waals surface area contributed by atoms with E-state index in [0.29, 0.717) is 15.1 Å². The summed E-state index contributed by atoms with van der Waals surface area (Å²) in [4.78, 5) is 10.4. The molecule has 6 nitrogen and oxygen atoms in total. The number of thiazole rings is 1. The Morgan fingerprint density at radius 3 is 2.13 bits per heavy atom. The maximum absolute atomic E-state index is 13.4. The number of nitrogens with two attached hydrogens (primary N) is 1. The van der Waals surface area contributed by atoms with Gasteiger partial charge in [0, 0.05) is 6.20 Å². The molecule has 2 N–H and O–H groups in total. The highest BCUT2D eigenvalue weighted by Gasteiger charge is 2.43. The van der Waals surface area contributed by atoms with E-state index in [1.807, 2.05) is 0 Å². The lowest BCUT2D eigenvalue weighted by molar-refractivity contribution is -0.151. The summed E-state index contributed by atoms with van der Waals surface area (Å²) in [5.74, 6) is -2.68. The molecule has 4 rings (SSSR count). The van der Waals surface area contributed by atoms with Crippen molar-refractivity contribution in [2.75, 3.05) is 5.73 Å². The van der Waals surface area contributed by atoms with E-state index in [0.717, 1.165) is 0 Å². The molecule has 0 bridgehead atoms. The zero-order valence-electron chi connectivity index (χ0n) is 14.6. The molecule has 0 radical (unpaired) electrons. The summed E-state index contributed by atoms with van der Waals surface area (Å²) in [7, 11) is 0. The van der Waals surface area contributed by atoms with E-state index in [1.165, 1.54) is 23.5 Å². The first-order valence-corrected chi connectivity index (χ1v) is 9.60. The molecule has 31 heavy (non-hydrogen) atoms. The van der Waals surface area contributed by atoms with Crippen LogP contribution in [-0.2, 0) is 12.4 Å². The average molecular weight is 499 g/mol. The number of anilines is 1. The monoisotopic (exact) mass is 498 g/mol. The summed E-state index contributed by atoms with van der Waals surface area (Å²) in [6, 6.07) is 2.89. The van der Waals surface area contributed by atoms with Gasteiger partial charge in [-0.3, -0.25) is 4.98 Å². The van der Waals surface area contributed by atoms with Gasteiger partial charge in [0.25, 0.3) is 0 Å². The molecule has 0 saturated carbocycles. The first kappa shape index (κ1) is 21.6. The third kappa shape index (κ3) is 3.77. The molecular formula is C16H6Cl2F6N6S. The average Bonchev–Trinajstić information content (AvgIpc) is 3.28. The highest BCUT2D eigenvalue weighted by atomic mass is 35.5. The van der Waals surface area contributed by atoms with Crippen molar-refractivity contribution in [3.63, 3.8) is 0 Å². The van der Waals surface area contributed by atoms with Crippen LogP contribution in [-0.4, -0.2) is 24.7 Å². The summed E-state index contributed by atoms with van der Waals surface area (Å²) in [6.45, 7) is 0. The van der Waals surface area contributed by atoms with E-state index in [9.17, 15) is 26.3 Å². The van der Waals surface area contributed by atoms with Gasteiger partial charge in [0.05, 0.1) is 25.8 Å². The molecule has 0 saturated heterocycles. The number of fused-ring (bicyclic) bond motifs is 1. The largest absolute Gasteiger partial charge is 0.451 e. The number of nitrogen functional groups attached to an aromatic ring is 1. The molecule has 0 aliphatic carbocycles. The predicted molar refractivity (Wildman–Crippen MR) is 102 cm³/mol. The van der Waals surface area contributed by atoms with Crippen LogP contribution in [0.2, 0.25) is 10.0 Å². The lowest BCUT2D eigenvalue weighted by Gasteiger charge is -2.12.